The number of methoxy groups -OCH3 is 2. The molecule has 0 bridgehead atoms. The van der Waals surface area contributed by atoms with Crippen molar-refractivity contribution >= 4 is 12.0 Å². The molecule has 0 N–H and O–H groups in total. The molecule has 1 aliphatic heterocycles. The average Bonchev–Trinajstić information content (AvgIpc) is 2.91. The van der Waals surface area contributed by atoms with Crippen LogP contribution in [0.25, 0.3) is 6.08 Å². The standard InChI is InChI=1S/C18H16O6/c1-4-5-10-7-14(19)13(9-23-10)17-16-12(18(20)24-17)6-11(21-2)8-15(16)22-3/h4-9,17H,1-3H3/b5-4+. The largest absolute Gasteiger partial charge is 0.497 e. The van der Waals surface area contributed by atoms with Crippen LogP contribution >= 0.6 is 0 Å². The first-order valence-electron chi connectivity index (χ1n) is 7.31. The van der Waals surface area contributed by atoms with Gasteiger partial charge < -0.3 is 18.6 Å². The Morgan fingerprint density at radius 1 is 1.12 bits per heavy atom. The Morgan fingerprint density at radius 3 is 2.54 bits per heavy atom. The van der Waals surface area contributed by atoms with Crippen molar-refractivity contribution < 1.29 is 23.4 Å². The van der Waals surface area contributed by atoms with Crippen molar-refractivity contribution in [2.24, 2.45) is 0 Å². The van der Waals surface area contributed by atoms with E-state index in [-0.39, 0.29) is 11.0 Å². The molecule has 6 nitrogen and oxygen atoms in total. The smallest absolute Gasteiger partial charge is 0.339 e. The fraction of sp³-hybridized carbons (Fsp3) is 0.222. The first-order valence-corrected chi connectivity index (χ1v) is 7.31. The number of esters is 1. The molecule has 24 heavy (non-hydrogen) atoms. The Bertz CT molecular complexity index is 878. The van der Waals surface area contributed by atoms with Gasteiger partial charge in [0.15, 0.2) is 11.5 Å². The first kappa shape index (κ1) is 15.9. The number of rotatable bonds is 4. The van der Waals surface area contributed by atoms with Crippen LogP contribution in [-0.4, -0.2) is 20.2 Å². The van der Waals surface area contributed by atoms with Gasteiger partial charge in [0.25, 0.3) is 0 Å². The van der Waals surface area contributed by atoms with Crippen molar-refractivity contribution in [3.63, 3.8) is 0 Å². The number of carbonyl (C=O) groups is 1. The lowest BCUT2D eigenvalue weighted by atomic mass is 9.98. The fourth-order valence-electron chi connectivity index (χ4n) is 2.65. The third-order valence-electron chi connectivity index (χ3n) is 3.77. The maximum absolute atomic E-state index is 12.4. The molecule has 0 amide bonds. The Morgan fingerprint density at radius 2 is 1.92 bits per heavy atom. The topological polar surface area (TPSA) is 75.0 Å². The van der Waals surface area contributed by atoms with E-state index in [0.29, 0.717) is 28.4 Å². The predicted molar refractivity (Wildman–Crippen MR) is 86.5 cm³/mol. The Hall–Kier alpha value is -3.02. The third-order valence-corrected chi connectivity index (χ3v) is 3.77. The van der Waals surface area contributed by atoms with E-state index in [1.165, 1.54) is 26.5 Å². The summed E-state index contributed by atoms with van der Waals surface area (Å²) in [5.74, 6) is 0.775. The highest BCUT2D eigenvalue weighted by Gasteiger charge is 2.37. The average molecular weight is 328 g/mol. The number of hydrogen-bond donors (Lipinski definition) is 0. The fourth-order valence-corrected chi connectivity index (χ4v) is 2.65. The van der Waals surface area contributed by atoms with E-state index in [4.69, 9.17) is 18.6 Å². The van der Waals surface area contributed by atoms with Crippen LogP contribution < -0.4 is 14.9 Å². The van der Waals surface area contributed by atoms with Crippen LogP contribution in [0, 0.1) is 0 Å². The number of ether oxygens (including phenoxy) is 3. The Balaban J connectivity index is 2.14. The van der Waals surface area contributed by atoms with Crippen LogP contribution in [0.5, 0.6) is 11.5 Å². The van der Waals surface area contributed by atoms with E-state index >= 15 is 0 Å². The highest BCUT2D eigenvalue weighted by molar-refractivity contribution is 5.96. The molecule has 1 aliphatic rings. The van der Waals surface area contributed by atoms with Crippen LogP contribution in [-0.2, 0) is 4.74 Å². The summed E-state index contributed by atoms with van der Waals surface area (Å²) in [7, 11) is 2.97. The van der Waals surface area contributed by atoms with Gasteiger partial charge in [-0.25, -0.2) is 4.79 Å². The number of allylic oxidation sites excluding steroid dienone is 1. The molecule has 1 aromatic heterocycles. The highest BCUT2D eigenvalue weighted by Crippen LogP contribution is 2.42. The van der Waals surface area contributed by atoms with Crippen LogP contribution in [0.15, 0.2) is 39.7 Å². The summed E-state index contributed by atoms with van der Waals surface area (Å²) in [5, 5.41) is 0. The van der Waals surface area contributed by atoms with Gasteiger partial charge in [0.2, 0.25) is 0 Å². The van der Waals surface area contributed by atoms with E-state index in [9.17, 15) is 9.59 Å². The van der Waals surface area contributed by atoms with Gasteiger partial charge in [-0.1, -0.05) is 6.08 Å². The molecule has 124 valence electrons. The van der Waals surface area contributed by atoms with E-state index in [2.05, 4.69) is 0 Å². The predicted octanol–water partition coefficient (Wildman–Crippen LogP) is 2.95. The summed E-state index contributed by atoms with van der Waals surface area (Å²) in [6.07, 6.45) is 3.88. The number of carbonyl (C=O) groups excluding carboxylic acids is 1. The molecule has 2 aromatic rings. The van der Waals surface area contributed by atoms with Crippen molar-refractivity contribution in [3.05, 3.63) is 63.2 Å². The maximum Gasteiger partial charge on any atom is 0.339 e. The quantitative estimate of drug-likeness (QED) is 0.803. The first-order chi connectivity index (χ1) is 11.6. The molecule has 0 fully saturated rings. The molecule has 1 aromatic carbocycles. The second-order valence-corrected chi connectivity index (χ2v) is 5.18. The second kappa shape index (κ2) is 6.23. The lowest BCUT2D eigenvalue weighted by Crippen LogP contribution is -2.14. The van der Waals surface area contributed by atoms with E-state index in [1.807, 2.05) is 6.92 Å². The van der Waals surface area contributed by atoms with Crippen LogP contribution in [0.4, 0.5) is 0 Å². The monoisotopic (exact) mass is 328 g/mol. The lowest BCUT2D eigenvalue weighted by molar-refractivity contribution is 0.0450. The molecule has 0 spiro atoms. The normalized spacial score (nSPS) is 16.1. The molecule has 6 heteroatoms. The zero-order valence-corrected chi connectivity index (χ0v) is 13.5. The van der Waals surface area contributed by atoms with Crippen molar-refractivity contribution in [2.45, 2.75) is 13.0 Å². The van der Waals surface area contributed by atoms with E-state index in [0.717, 1.165) is 0 Å². The summed E-state index contributed by atoms with van der Waals surface area (Å²) in [6, 6.07) is 4.57. The zero-order valence-electron chi connectivity index (χ0n) is 13.5. The summed E-state index contributed by atoms with van der Waals surface area (Å²) in [4.78, 5) is 24.6. The van der Waals surface area contributed by atoms with Crippen LogP contribution in [0.3, 0.4) is 0 Å². The zero-order chi connectivity index (χ0) is 17.3. The highest BCUT2D eigenvalue weighted by atomic mass is 16.6. The van der Waals surface area contributed by atoms with Gasteiger partial charge in [0, 0.05) is 12.1 Å². The SMILES string of the molecule is C/C=C/c1cc(=O)c(C2OC(=O)c3cc(OC)cc(OC)c32)co1. The van der Waals surface area contributed by atoms with E-state index in [1.54, 1.807) is 24.3 Å². The third kappa shape index (κ3) is 2.56. The molecule has 0 radical (unpaired) electrons. The number of benzene rings is 1. The second-order valence-electron chi connectivity index (χ2n) is 5.18. The molecule has 3 rings (SSSR count). The van der Waals surface area contributed by atoms with Crippen molar-refractivity contribution in [3.8, 4) is 11.5 Å². The number of hydrogen-bond acceptors (Lipinski definition) is 6. The van der Waals surface area contributed by atoms with Gasteiger partial charge in [-0.2, -0.15) is 0 Å². The molecular formula is C18H16O6. The summed E-state index contributed by atoms with van der Waals surface area (Å²) >= 11 is 0. The van der Waals surface area contributed by atoms with Crippen molar-refractivity contribution in [1.82, 2.24) is 0 Å². The molecular weight excluding hydrogens is 312 g/mol. The van der Waals surface area contributed by atoms with Gasteiger partial charge in [0.05, 0.1) is 30.9 Å². The summed E-state index contributed by atoms with van der Waals surface area (Å²) < 4.78 is 21.3. The summed E-state index contributed by atoms with van der Waals surface area (Å²) in [6.45, 7) is 1.82. The van der Waals surface area contributed by atoms with Gasteiger partial charge >= 0.3 is 5.97 Å². The van der Waals surface area contributed by atoms with Gasteiger partial charge in [0.1, 0.15) is 23.5 Å². The Labute approximate surface area is 138 Å². The van der Waals surface area contributed by atoms with Gasteiger partial charge in [-0.05, 0) is 19.1 Å². The molecule has 0 saturated carbocycles. The minimum absolute atomic E-state index is 0.235. The summed E-state index contributed by atoms with van der Waals surface area (Å²) in [5.41, 5.74) is 0.763. The molecule has 0 aliphatic carbocycles. The van der Waals surface area contributed by atoms with Gasteiger partial charge in [-0.3, -0.25) is 4.79 Å². The number of cyclic esters (lactones) is 1. The molecule has 1 atom stereocenters. The van der Waals surface area contributed by atoms with Crippen molar-refractivity contribution in [1.29, 1.82) is 0 Å². The molecule has 2 heterocycles. The molecule has 1 unspecified atom stereocenters. The van der Waals surface area contributed by atoms with E-state index < -0.39 is 12.1 Å². The van der Waals surface area contributed by atoms with Crippen LogP contribution in [0.1, 0.15) is 40.3 Å². The Kier molecular flexibility index (Phi) is 4.12. The van der Waals surface area contributed by atoms with Crippen LogP contribution in [0.2, 0.25) is 0 Å². The lowest BCUT2D eigenvalue weighted by Gasteiger charge is -2.13. The maximum atomic E-state index is 12.4. The minimum atomic E-state index is -0.871. The van der Waals surface area contributed by atoms with Crippen molar-refractivity contribution in [2.75, 3.05) is 14.2 Å². The molecule has 0 saturated heterocycles. The van der Waals surface area contributed by atoms with Gasteiger partial charge in [-0.15, -0.1) is 0 Å². The minimum Gasteiger partial charge on any atom is -0.497 e. The number of fused-ring (bicyclic) bond motifs is 1.